The first kappa shape index (κ1) is 17.1. The molecule has 0 fully saturated rings. The molecule has 4 nitrogen and oxygen atoms in total. The van der Waals surface area contributed by atoms with E-state index < -0.39 is 5.41 Å². The smallest absolute Gasteiger partial charge is 0.317 e. The second kappa shape index (κ2) is 6.68. The number of aromatic nitrogens is 1. The molecular weight excluding hydrogens is 274 g/mol. The number of thiazole rings is 1. The zero-order valence-corrected chi connectivity index (χ0v) is 14.1. The lowest BCUT2D eigenvalue weighted by Crippen LogP contribution is -2.32. The molecule has 0 N–H and O–H groups in total. The molecule has 0 bridgehead atoms. The molecule has 114 valence electrons. The maximum Gasteiger partial charge on any atom is 0.317 e. The van der Waals surface area contributed by atoms with Gasteiger partial charge < -0.3 is 9.47 Å². The number of carbonyl (C=O) groups is 1. The Morgan fingerprint density at radius 1 is 1.25 bits per heavy atom. The van der Waals surface area contributed by atoms with Gasteiger partial charge in [-0.2, -0.15) is 0 Å². The minimum absolute atomic E-state index is 0.244. The predicted octanol–water partition coefficient (Wildman–Crippen LogP) is 3.65. The van der Waals surface area contributed by atoms with Gasteiger partial charge in [-0.25, -0.2) is 4.98 Å². The highest BCUT2D eigenvalue weighted by Gasteiger charge is 2.36. The van der Waals surface area contributed by atoms with E-state index in [1.54, 1.807) is 0 Å². The molecule has 1 aromatic rings. The molecular formula is C15H25NO3S. The van der Waals surface area contributed by atoms with E-state index in [4.69, 9.17) is 9.47 Å². The van der Waals surface area contributed by atoms with Gasteiger partial charge in [0.2, 0.25) is 0 Å². The molecule has 1 heterocycles. The zero-order chi connectivity index (χ0) is 15.4. The van der Waals surface area contributed by atoms with Gasteiger partial charge in [-0.05, 0) is 41.0 Å². The summed E-state index contributed by atoms with van der Waals surface area (Å²) in [5.41, 5.74) is -0.371. The van der Waals surface area contributed by atoms with Crippen LogP contribution in [0.25, 0.3) is 0 Å². The van der Waals surface area contributed by atoms with Crippen molar-refractivity contribution in [3.8, 4) is 0 Å². The third-order valence-electron chi connectivity index (χ3n) is 3.52. The second-order valence-electron chi connectivity index (χ2n) is 5.40. The van der Waals surface area contributed by atoms with E-state index in [9.17, 15) is 4.79 Å². The van der Waals surface area contributed by atoms with Crippen molar-refractivity contribution in [3.63, 3.8) is 0 Å². The SMILES string of the molecule is CCOC(=O)C(C)(C)c1csc(C(C)(CC)OCC)n1. The van der Waals surface area contributed by atoms with Crippen molar-refractivity contribution in [2.45, 2.75) is 59.0 Å². The van der Waals surface area contributed by atoms with Crippen molar-refractivity contribution in [2.75, 3.05) is 13.2 Å². The Kier molecular flexibility index (Phi) is 5.71. The van der Waals surface area contributed by atoms with Crippen molar-refractivity contribution in [3.05, 3.63) is 16.1 Å². The Morgan fingerprint density at radius 2 is 1.90 bits per heavy atom. The maximum absolute atomic E-state index is 12.0. The van der Waals surface area contributed by atoms with Gasteiger partial charge in [0.25, 0.3) is 0 Å². The van der Waals surface area contributed by atoms with Gasteiger partial charge in [0, 0.05) is 12.0 Å². The Labute approximate surface area is 125 Å². The summed E-state index contributed by atoms with van der Waals surface area (Å²) in [7, 11) is 0. The summed E-state index contributed by atoms with van der Waals surface area (Å²) in [4.78, 5) is 16.7. The van der Waals surface area contributed by atoms with E-state index in [1.165, 1.54) is 11.3 Å². The van der Waals surface area contributed by atoms with Gasteiger partial charge in [0.05, 0.1) is 12.3 Å². The van der Waals surface area contributed by atoms with Gasteiger partial charge in [0.15, 0.2) is 0 Å². The molecule has 0 amide bonds. The van der Waals surface area contributed by atoms with Crippen LogP contribution in [0.3, 0.4) is 0 Å². The van der Waals surface area contributed by atoms with Crippen molar-refractivity contribution in [2.24, 2.45) is 0 Å². The highest BCUT2D eigenvalue weighted by Crippen LogP contribution is 2.34. The van der Waals surface area contributed by atoms with E-state index in [0.29, 0.717) is 13.2 Å². The molecule has 1 atom stereocenters. The minimum Gasteiger partial charge on any atom is -0.465 e. The van der Waals surface area contributed by atoms with E-state index in [2.05, 4.69) is 11.9 Å². The van der Waals surface area contributed by atoms with Gasteiger partial charge in [-0.1, -0.05) is 6.92 Å². The molecule has 1 unspecified atom stereocenters. The fraction of sp³-hybridized carbons (Fsp3) is 0.733. The molecule has 0 aliphatic rings. The van der Waals surface area contributed by atoms with Crippen molar-refractivity contribution in [1.29, 1.82) is 0 Å². The van der Waals surface area contributed by atoms with Crippen LogP contribution in [0.1, 0.15) is 58.7 Å². The molecule has 0 radical (unpaired) electrons. The standard InChI is InChI=1S/C15H25NO3S/c1-7-15(6,19-9-3)12-16-11(10-20-12)14(4,5)13(17)18-8-2/h10H,7-9H2,1-6H3. The Morgan fingerprint density at radius 3 is 2.40 bits per heavy atom. The minimum atomic E-state index is -0.731. The lowest BCUT2D eigenvalue weighted by Gasteiger charge is -2.26. The quantitative estimate of drug-likeness (QED) is 0.721. The highest BCUT2D eigenvalue weighted by atomic mass is 32.1. The third-order valence-corrected chi connectivity index (χ3v) is 4.61. The van der Waals surface area contributed by atoms with Crippen LogP contribution in [0.5, 0.6) is 0 Å². The number of nitrogens with zero attached hydrogens (tertiary/aromatic N) is 1. The molecule has 1 rings (SSSR count). The normalized spacial score (nSPS) is 14.9. The van der Waals surface area contributed by atoms with E-state index in [1.807, 2.05) is 40.0 Å². The lowest BCUT2D eigenvalue weighted by molar-refractivity contribution is -0.148. The fourth-order valence-corrected chi connectivity index (χ4v) is 3.03. The van der Waals surface area contributed by atoms with Gasteiger partial charge >= 0.3 is 5.97 Å². The number of rotatable bonds is 7. The van der Waals surface area contributed by atoms with E-state index >= 15 is 0 Å². The topological polar surface area (TPSA) is 48.4 Å². The molecule has 20 heavy (non-hydrogen) atoms. The number of hydrogen-bond acceptors (Lipinski definition) is 5. The van der Waals surface area contributed by atoms with Crippen LogP contribution < -0.4 is 0 Å². The zero-order valence-electron chi connectivity index (χ0n) is 13.3. The molecule has 0 aliphatic carbocycles. The van der Waals surface area contributed by atoms with Crippen LogP contribution in [0, 0.1) is 0 Å². The number of esters is 1. The molecule has 0 saturated carbocycles. The monoisotopic (exact) mass is 299 g/mol. The maximum atomic E-state index is 12.0. The largest absolute Gasteiger partial charge is 0.465 e. The molecule has 0 aromatic carbocycles. The van der Waals surface area contributed by atoms with Crippen molar-refractivity contribution >= 4 is 17.3 Å². The second-order valence-corrected chi connectivity index (χ2v) is 6.26. The van der Waals surface area contributed by atoms with E-state index in [0.717, 1.165) is 17.1 Å². The van der Waals surface area contributed by atoms with Crippen LogP contribution in [0.15, 0.2) is 5.38 Å². The first-order chi connectivity index (χ1) is 9.31. The molecule has 5 heteroatoms. The van der Waals surface area contributed by atoms with Crippen LogP contribution in [0.4, 0.5) is 0 Å². The lowest BCUT2D eigenvalue weighted by atomic mass is 9.90. The Hall–Kier alpha value is -0.940. The summed E-state index contributed by atoms with van der Waals surface area (Å²) in [5.74, 6) is -0.244. The average molecular weight is 299 g/mol. The predicted molar refractivity (Wildman–Crippen MR) is 81.0 cm³/mol. The first-order valence-corrected chi connectivity index (χ1v) is 7.97. The van der Waals surface area contributed by atoms with Crippen LogP contribution in [-0.2, 0) is 25.3 Å². The highest BCUT2D eigenvalue weighted by molar-refractivity contribution is 7.09. The van der Waals surface area contributed by atoms with Crippen molar-refractivity contribution < 1.29 is 14.3 Å². The summed E-state index contributed by atoms with van der Waals surface area (Å²) in [6.45, 7) is 12.6. The molecule has 0 saturated heterocycles. The summed E-state index contributed by atoms with van der Waals surface area (Å²) >= 11 is 1.54. The Balaban J connectivity index is 3.05. The van der Waals surface area contributed by atoms with E-state index in [-0.39, 0.29) is 11.6 Å². The molecule has 0 spiro atoms. The molecule has 0 aliphatic heterocycles. The summed E-state index contributed by atoms with van der Waals surface area (Å²) in [6, 6.07) is 0. The van der Waals surface area contributed by atoms with Crippen LogP contribution in [-0.4, -0.2) is 24.2 Å². The van der Waals surface area contributed by atoms with Gasteiger partial charge in [0.1, 0.15) is 16.0 Å². The van der Waals surface area contributed by atoms with Gasteiger partial charge in [-0.15, -0.1) is 11.3 Å². The summed E-state index contributed by atoms with van der Waals surface area (Å²) < 4.78 is 11.0. The fourth-order valence-electron chi connectivity index (χ4n) is 1.85. The summed E-state index contributed by atoms with van der Waals surface area (Å²) in [6.07, 6.45) is 0.841. The summed E-state index contributed by atoms with van der Waals surface area (Å²) in [5, 5.41) is 2.84. The third kappa shape index (κ3) is 3.38. The van der Waals surface area contributed by atoms with Crippen LogP contribution in [0.2, 0.25) is 0 Å². The van der Waals surface area contributed by atoms with Crippen LogP contribution >= 0.6 is 11.3 Å². The van der Waals surface area contributed by atoms with Gasteiger partial charge in [-0.3, -0.25) is 4.79 Å². The first-order valence-electron chi connectivity index (χ1n) is 7.09. The number of carbonyl (C=O) groups excluding carboxylic acids is 1. The van der Waals surface area contributed by atoms with Crippen molar-refractivity contribution in [1.82, 2.24) is 4.98 Å². The molecule has 1 aromatic heterocycles. The average Bonchev–Trinajstić information content (AvgIpc) is 2.90. The Bertz CT molecular complexity index is 456. The number of ether oxygens (including phenoxy) is 2. The number of hydrogen-bond donors (Lipinski definition) is 0.